The van der Waals surface area contributed by atoms with Crippen LogP contribution in [0.1, 0.15) is 0 Å². The Balaban J connectivity index is 1.90. The molecule has 2 aromatic rings. The molecular weight excluding hydrogens is 322 g/mol. The van der Waals surface area contributed by atoms with E-state index in [1.807, 2.05) is 6.07 Å². The van der Waals surface area contributed by atoms with Gasteiger partial charge in [0, 0.05) is 24.1 Å². The molecule has 0 aliphatic carbocycles. The monoisotopic (exact) mass is 337 g/mol. The average molecular weight is 338 g/mol. The minimum atomic E-state index is 0.683. The van der Waals surface area contributed by atoms with Gasteiger partial charge in [-0.25, -0.2) is 0 Å². The van der Waals surface area contributed by atoms with Gasteiger partial charge >= 0.3 is 0 Å². The van der Waals surface area contributed by atoms with Crippen LogP contribution in [0.15, 0.2) is 16.6 Å². The Morgan fingerprint density at radius 2 is 2.00 bits per heavy atom. The number of hydrogen-bond acceptors (Lipinski definition) is 4. The third kappa shape index (κ3) is 1.94. The first kappa shape index (κ1) is 12.3. The van der Waals surface area contributed by atoms with Crippen molar-refractivity contribution in [2.24, 2.45) is 0 Å². The van der Waals surface area contributed by atoms with E-state index < -0.39 is 0 Å². The number of aromatic nitrogens is 1. The number of morpholine rings is 1. The molecule has 2 aliphatic rings. The van der Waals surface area contributed by atoms with Crippen LogP contribution in [0.2, 0.25) is 0 Å². The number of aromatic amines is 1. The number of halogens is 1. The van der Waals surface area contributed by atoms with Crippen molar-refractivity contribution in [1.29, 1.82) is 0 Å². The molecule has 106 valence electrons. The van der Waals surface area contributed by atoms with E-state index in [0.29, 0.717) is 6.61 Å². The molecule has 20 heavy (non-hydrogen) atoms. The Morgan fingerprint density at radius 1 is 1.15 bits per heavy atom. The predicted molar refractivity (Wildman–Crippen MR) is 83.0 cm³/mol. The van der Waals surface area contributed by atoms with Crippen LogP contribution < -0.4 is 15.0 Å². The smallest absolute Gasteiger partial charge is 0.132 e. The fourth-order valence-electron chi connectivity index (χ4n) is 2.89. The van der Waals surface area contributed by atoms with Crippen LogP contribution >= 0.6 is 15.9 Å². The molecule has 0 atom stereocenters. The van der Waals surface area contributed by atoms with E-state index in [1.54, 1.807) is 0 Å². The molecule has 1 saturated heterocycles. The Bertz CT molecular complexity index is 649. The van der Waals surface area contributed by atoms with Crippen LogP contribution in [0, 0.1) is 0 Å². The lowest BCUT2D eigenvalue weighted by molar-refractivity contribution is 0.122. The lowest BCUT2D eigenvalue weighted by Gasteiger charge is -2.28. The van der Waals surface area contributed by atoms with Gasteiger partial charge in [0.25, 0.3) is 0 Å². The van der Waals surface area contributed by atoms with Gasteiger partial charge in [0.15, 0.2) is 0 Å². The Labute approximate surface area is 125 Å². The fourth-order valence-corrected chi connectivity index (χ4v) is 3.33. The van der Waals surface area contributed by atoms with Crippen LogP contribution in [-0.2, 0) is 4.74 Å². The van der Waals surface area contributed by atoms with Gasteiger partial charge in [0.2, 0.25) is 0 Å². The molecule has 0 spiro atoms. The first-order chi connectivity index (χ1) is 9.83. The molecule has 0 bridgehead atoms. The second-order valence-corrected chi connectivity index (χ2v) is 5.97. The van der Waals surface area contributed by atoms with Crippen molar-refractivity contribution >= 4 is 38.3 Å². The minimum absolute atomic E-state index is 0.683. The van der Waals surface area contributed by atoms with Gasteiger partial charge in [-0.05, 0) is 12.1 Å². The Kier molecular flexibility index (Phi) is 3.00. The molecular formula is C14H16BrN3O2. The normalized spacial score (nSPS) is 18.6. The van der Waals surface area contributed by atoms with Crippen LogP contribution in [-0.4, -0.2) is 44.4 Å². The summed E-state index contributed by atoms with van der Waals surface area (Å²) < 4.78 is 12.3. The standard InChI is InChI=1S/C14H16BrN3O2/c15-9-7-10-12-11(8-9)20-4-1-16-13(12)14(17-10)18-2-5-19-6-3-18/h7-8,16-17H,1-6H2. The highest BCUT2D eigenvalue weighted by Crippen LogP contribution is 2.42. The summed E-state index contributed by atoms with van der Waals surface area (Å²) >= 11 is 3.55. The highest BCUT2D eigenvalue weighted by Gasteiger charge is 2.23. The molecule has 4 rings (SSSR count). The molecule has 1 aromatic heterocycles. The highest BCUT2D eigenvalue weighted by molar-refractivity contribution is 9.10. The molecule has 2 N–H and O–H groups in total. The zero-order valence-corrected chi connectivity index (χ0v) is 12.6. The molecule has 2 aliphatic heterocycles. The Hall–Kier alpha value is -1.40. The quantitative estimate of drug-likeness (QED) is 0.839. The van der Waals surface area contributed by atoms with E-state index in [9.17, 15) is 0 Å². The van der Waals surface area contributed by atoms with Gasteiger partial charge < -0.3 is 24.7 Å². The first-order valence-electron chi connectivity index (χ1n) is 6.87. The number of nitrogens with one attached hydrogen (secondary N) is 2. The van der Waals surface area contributed by atoms with Crippen LogP contribution in [0.3, 0.4) is 0 Å². The van der Waals surface area contributed by atoms with E-state index in [4.69, 9.17) is 9.47 Å². The summed E-state index contributed by atoms with van der Waals surface area (Å²) in [6.07, 6.45) is 0. The topological polar surface area (TPSA) is 49.5 Å². The van der Waals surface area contributed by atoms with E-state index in [2.05, 4.69) is 37.2 Å². The van der Waals surface area contributed by atoms with E-state index in [1.165, 1.54) is 0 Å². The fraction of sp³-hybridized carbons (Fsp3) is 0.429. The zero-order chi connectivity index (χ0) is 13.5. The number of rotatable bonds is 1. The SMILES string of the molecule is Brc1cc2c3c(c(N4CCOCC4)[nH]c3c1)NCCO2. The maximum Gasteiger partial charge on any atom is 0.132 e. The first-order valence-corrected chi connectivity index (χ1v) is 7.67. The number of benzene rings is 1. The second-order valence-electron chi connectivity index (χ2n) is 5.05. The molecule has 0 saturated carbocycles. The van der Waals surface area contributed by atoms with Crippen molar-refractivity contribution in [2.45, 2.75) is 0 Å². The summed E-state index contributed by atoms with van der Waals surface area (Å²) in [6, 6.07) is 4.14. The van der Waals surface area contributed by atoms with Gasteiger partial charge in [0.05, 0.1) is 29.8 Å². The van der Waals surface area contributed by atoms with Gasteiger partial charge in [-0.15, -0.1) is 0 Å². The lowest BCUT2D eigenvalue weighted by atomic mass is 10.2. The molecule has 6 heteroatoms. The minimum Gasteiger partial charge on any atom is -0.491 e. The van der Waals surface area contributed by atoms with E-state index >= 15 is 0 Å². The predicted octanol–water partition coefficient (Wildman–Crippen LogP) is 2.57. The van der Waals surface area contributed by atoms with E-state index in [-0.39, 0.29) is 0 Å². The zero-order valence-electron chi connectivity index (χ0n) is 11.0. The summed E-state index contributed by atoms with van der Waals surface area (Å²) in [4.78, 5) is 5.87. The van der Waals surface area contributed by atoms with Crippen LogP contribution in [0.5, 0.6) is 5.75 Å². The summed E-state index contributed by atoms with van der Waals surface area (Å²) in [6.45, 7) is 4.89. The maximum atomic E-state index is 5.85. The number of H-pyrrole nitrogens is 1. The van der Waals surface area contributed by atoms with Crippen molar-refractivity contribution in [1.82, 2.24) is 4.98 Å². The summed E-state index contributed by atoms with van der Waals surface area (Å²) in [7, 11) is 0. The molecule has 0 unspecified atom stereocenters. The van der Waals surface area contributed by atoms with Gasteiger partial charge in [-0.3, -0.25) is 0 Å². The summed E-state index contributed by atoms with van der Waals surface area (Å²) in [5.41, 5.74) is 2.25. The molecule has 3 heterocycles. The van der Waals surface area contributed by atoms with Crippen LogP contribution in [0.25, 0.3) is 10.9 Å². The molecule has 0 amide bonds. The summed E-state index contributed by atoms with van der Waals surface area (Å²) in [5.74, 6) is 2.08. The average Bonchev–Trinajstić information content (AvgIpc) is 2.68. The number of anilines is 2. The summed E-state index contributed by atoms with van der Waals surface area (Å²) in [5, 5.41) is 4.65. The van der Waals surface area contributed by atoms with E-state index in [0.717, 1.165) is 65.5 Å². The van der Waals surface area contributed by atoms with Crippen molar-refractivity contribution in [3.63, 3.8) is 0 Å². The molecule has 0 radical (unpaired) electrons. The molecule has 1 fully saturated rings. The highest BCUT2D eigenvalue weighted by atomic mass is 79.9. The van der Waals surface area contributed by atoms with Crippen molar-refractivity contribution in [2.75, 3.05) is 49.7 Å². The second kappa shape index (κ2) is 4.86. The van der Waals surface area contributed by atoms with Gasteiger partial charge in [-0.1, -0.05) is 15.9 Å². The number of ether oxygens (including phenoxy) is 2. The third-order valence-corrected chi connectivity index (χ3v) is 4.25. The van der Waals surface area contributed by atoms with Crippen molar-refractivity contribution in [3.8, 4) is 5.75 Å². The number of nitrogens with zero attached hydrogens (tertiary/aromatic N) is 1. The Morgan fingerprint density at radius 3 is 2.85 bits per heavy atom. The van der Waals surface area contributed by atoms with Crippen molar-refractivity contribution < 1.29 is 9.47 Å². The maximum absolute atomic E-state index is 5.85. The van der Waals surface area contributed by atoms with Gasteiger partial charge in [-0.2, -0.15) is 0 Å². The number of hydrogen-bond donors (Lipinski definition) is 2. The van der Waals surface area contributed by atoms with Crippen molar-refractivity contribution in [3.05, 3.63) is 16.6 Å². The van der Waals surface area contributed by atoms with Crippen LogP contribution in [0.4, 0.5) is 11.5 Å². The van der Waals surface area contributed by atoms with Gasteiger partial charge in [0.1, 0.15) is 18.2 Å². The lowest BCUT2D eigenvalue weighted by Crippen LogP contribution is -2.36. The third-order valence-electron chi connectivity index (χ3n) is 3.80. The molecule has 5 nitrogen and oxygen atoms in total. The largest absolute Gasteiger partial charge is 0.491 e. The molecule has 1 aromatic carbocycles.